The van der Waals surface area contributed by atoms with Crippen molar-refractivity contribution in [3.05, 3.63) is 115 Å². The highest BCUT2D eigenvalue weighted by atomic mass is 32.1. The standard InChI is InChI=1S/C27H25N5O2S/c1-4-31-16-20(17(2)30-31)15-22-26(34)32-24(19-11-7-5-8-12-19)23(18(3)28-27(32)35-22)25(33)29-21-13-9-6-10-14-21/h5-16,24H,4H2,1-3H3,(H,29,33)/t24-/m1/s1. The van der Waals surface area contributed by atoms with Crippen molar-refractivity contribution in [3.63, 3.8) is 0 Å². The van der Waals surface area contributed by atoms with Gasteiger partial charge in [-0.25, -0.2) is 4.99 Å². The fourth-order valence-corrected chi connectivity index (χ4v) is 5.30. The van der Waals surface area contributed by atoms with Crippen molar-refractivity contribution in [1.29, 1.82) is 0 Å². The Labute approximate surface area is 206 Å². The number of allylic oxidation sites excluding steroid dienone is 1. The Morgan fingerprint density at radius 1 is 1.09 bits per heavy atom. The van der Waals surface area contributed by atoms with Crippen LogP contribution in [0.15, 0.2) is 87.9 Å². The van der Waals surface area contributed by atoms with Crippen molar-refractivity contribution in [1.82, 2.24) is 14.3 Å². The Hall–Kier alpha value is -4.04. The van der Waals surface area contributed by atoms with Crippen molar-refractivity contribution >= 4 is 29.0 Å². The van der Waals surface area contributed by atoms with Crippen LogP contribution in [0.4, 0.5) is 5.69 Å². The van der Waals surface area contributed by atoms with E-state index in [9.17, 15) is 9.59 Å². The van der Waals surface area contributed by atoms with Gasteiger partial charge in [0.25, 0.3) is 11.5 Å². The molecule has 0 spiro atoms. The lowest BCUT2D eigenvalue weighted by molar-refractivity contribution is -0.113. The number of nitrogens with zero attached hydrogens (tertiary/aromatic N) is 4. The van der Waals surface area contributed by atoms with E-state index in [0.717, 1.165) is 23.4 Å². The van der Waals surface area contributed by atoms with Crippen LogP contribution in [0.25, 0.3) is 6.08 Å². The van der Waals surface area contributed by atoms with E-state index in [1.54, 1.807) is 4.57 Å². The molecule has 8 heteroatoms. The molecule has 0 saturated heterocycles. The number of fused-ring (bicyclic) bond motifs is 1. The molecule has 4 aromatic rings. The third-order valence-electron chi connectivity index (χ3n) is 6.01. The van der Waals surface area contributed by atoms with E-state index >= 15 is 0 Å². The molecule has 35 heavy (non-hydrogen) atoms. The topological polar surface area (TPSA) is 81.3 Å². The van der Waals surface area contributed by atoms with E-state index < -0.39 is 6.04 Å². The molecule has 3 heterocycles. The van der Waals surface area contributed by atoms with Crippen LogP contribution >= 0.6 is 11.3 Å². The van der Waals surface area contributed by atoms with Crippen molar-refractivity contribution in [3.8, 4) is 0 Å². The van der Waals surface area contributed by atoms with Crippen LogP contribution in [0.3, 0.4) is 0 Å². The molecule has 1 amide bonds. The zero-order valence-electron chi connectivity index (χ0n) is 19.7. The SMILES string of the molecule is CCn1cc(C=c2sc3n(c2=O)[C@H](c2ccccc2)C(C(=O)Nc2ccccc2)=C(C)N=3)c(C)n1. The van der Waals surface area contributed by atoms with E-state index in [1.807, 2.05) is 98.4 Å². The van der Waals surface area contributed by atoms with Gasteiger partial charge in [0.05, 0.1) is 27.5 Å². The highest BCUT2D eigenvalue weighted by Gasteiger charge is 2.32. The third-order valence-corrected chi connectivity index (χ3v) is 6.99. The van der Waals surface area contributed by atoms with Gasteiger partial charge in [0, 0.05) is 24.0 Å². The lowest BCUT2D eigenvalue weighted by Gasteiger charge is -2.25. The minimum absolute atomic E-state index is 0.177. The Morgan fingerprint density at radius 3 is 2.43 bits per heavy atom. The fraction of sp³-hybridized carbons (Fsp3) is 0.185. The van der Waals surface area contributed by atoms with Crippen molar-refractivity contribution in [2.24, 2.45) is 4.99 Å². The molecule has 0 radical (unpaired) electrons. The summed E-state index contributed by atoms with van der Waals surface area (Å²) in [5.74, 6) is -0.277. The maximum absolute atomic E-state index is 13.7. The van der Waals surface area contributed by atoms with Crippen LogP contribution in [0.5, 0.6) is 0 Å². The van der Waals surface area contributed by atoms with Crippen LogP contribution in [0.2, 0.25) is 0 Å². The molecular weight excluding hydrogens is 458 g/mol. The summed E-state index contributed by atoms with van der Waals surface area (Å²) in [6, 6.07) is 18.3. The van der Waals surface area contributed by atoms with E-state index in [1.165, 1.54) is 11.3 Å². The summed E-state index contributed by atoms with van der Waals surface area (Å²) < 4.78 is 4.04. The van der Waals surface area contributed by atoms with E-state index in [0.29, 0.717) is 26.3 Å². The predicted molar refractivity (Wildman–Crippen MR) is 138 cm³/mol. The van der Waals surface area contributed by atoms with E-state index in [-0.39, 0.29) is 11.5 Å². The minimum atomic E-state index is -0.585. The molecule has 2 aromatic carbocycles. The maximum Gasteiger partial charge on any atom is 0.271 e. The second-order valence-corrected chi connectivity index (χ2v) is 9.35. The lowest BCUT2D eigenvalue weighted by Crippen LogP contribution is -2.40. The first kappa shape index (κ1) is 22.7. The number of para-hydroxylation sites is 1. The number of hydrogen-bond acceptors (Lipinski definition) is 5. The van der Waals surface area contributed by atoms with Crippen LogP contribution in [-0.4, -0.2) is 20.3 Å². The molecule has 5 rings (SSSR count). The summed E-state index contributed by atoms with van der Waals surface area (Å²) in [6.07, 6.45) is 3.80. The number of amides is 1. The quantitative estimate of drug-likeness (QED) is 0.472. The number of aryl methyl sites for hydroxylation is 2. The highest BCUT2D eigenvalue weighted by Crippen LogP contribution is 2.30. The van der Waals surface area contributed by atoms with Gasteiger partial charge >= 0.3 is 0 Å². The van der Waals surface area contributed by atoms with Gasteiger partial charge in [-0.15, -0.1) is 0 Å². The van der Waals surface area contributed by atoms with E-state index in [2.05, 4.69) is 10.4 Å². The number of hydrogen-bond donors (Lipinski definition) is 1. The van der Waals surface area contributed by atoms with Gasteiger partial charge in [-0.1, -0.05) is 59.9 Å². The Balaban J connectivity index is 1.67. The van der Waals surface area contributed by atoms with Crippen LogP contribution < -0.4 is 20.2 Å². The molecule has 1 aliphatic heterocycles. The van der Waals surface area contributed by atoms with Gasteiger partial charge in [0.2, 0.25) is 0 Å². The van der Waals surface area contributed by atoms with Crippen LogP contribution in [0.1, 0.15) is 36.7 Å². The first-order chi connectivity index (χ1) is 17.0. The molecule has 7 nitrogen and oxygen atoms in total. The van der Waals surface area contributed by atoms with Gasteiger partial charge < -0.3 is 5.32 Å². The van der Waals surface area contributed by atoms with Crippen molar-refractivity contribution in [2.45, 2.75) is 33.4 Å². The summed E-state index contributed by atoms with van der Waals surface area (Å²) >= 11 is 1.33. The monoisotopic (exact) mass is 483 g/mol. The average Bonchev–Trinajstić information content (AvgIpc) is 3.37. The maximum atomic E-state index is 13.7. The molecule has 0 bridgehead atoms. The highest BCUT2D eigenvalue weighted by molar-refractivity contribution is 7.07. The summed E-state index contributed by atoms with van der Waals surface area (Å²) in [7, 11) is 0. The molecule has 1 aliphatic rings. The number of thiazole rings is 1. The molecule has 0 fully saturated rings. The smallest absolute Gasteiger partial charge is 0.271 e. The summed E-state index contributed by atoms with van der Waals surface area (Å²) in [5, 5.41) is 7.45. The van der Waals surface area contributed by atoms with Gasteiger partial charge in [0.1, 0.15) is 0 Å². The second-order valence-electron chi connectivity index (χ2n) is 8.34. The number of carbonyl (C=O) groups is 1. The normalized spacial score (nSPS) is 15.6. The molecule has 176 valence electrons. The number of anilines is 1. The summed E-state index contributed by atoms with van der Waals surface area (Å²) in [4.78, 5) is 32.5. The largest absolute Gasteiger partial charge is 0.322 e. The fourth-order valence-electron chi connectivity index (χ4n) is 4.26. The minimum Gasteiger partial charge on any atom is -0.322 e. The zero-order valence-corrected chi connectivity index (χ0v) is 20.5. The van der Waals surface area contributed by atoms with E-state index in [4.69, 9.17) is 4.99 Å². The third kappa shape index (κ3) is 4.28. The van der Waals surface area contributed by atoms with Gasteiger partial charge in [0.15, 0.2) is 4.80 Å². The molecular formula is C27H25N5O2S. The number of aromatic nitrogens is 3. The number of benzene rings is 2. The predicted octanol–water partition coefficient (Wildman–Crippen LogP) is 3.40. The number of nitrogens with one attached hydrogen (secondary N) is 1. The lowest BCUT2D eigenvalue weighted by atomic mass is 9.95. The molecule has 0 unspecified atom stereocenters. The number of rotatable bonds is 5. The van der Waals surface area contributed by atoms with Crippen LogP contribution in [0, 0.1) is 6.92 Å². The van der Waals surface area contributed by atoms with Crippen LogP contribution in [-0.2, 0) is 11.3 Å². The summed E-state index contributed by atoms with van der Waals surface area (Å²) in [5.41, 5.74) is 4.16. The Morgan fingerprint density at radius 2 is 1.77 bits per heavy atom. The average molecular weight is 484 g/mol. The molecule has 1 atom stereocenters. The Kier molecular flexibility index (Phi) is 6.05. The second kappa shape index (κ2) is 9.31. The molecule has 0 aliphatic carbocycles. The molecule has 2 aromatic heterocycles. The first-order valence-electron chi connectivity index (χ1n) is 11.4. The summed E-state index contributed by atoms with van der Waals surface area (Å²) in [6.45, 7) is 6.53. The number of carbonyl (C=O) groups excluding carboxylic acids is 1. The zero-order chi connectivity index (χ0) is 24.5. The van der Waals surface area contributed by atoms with Crippen molar-refractivity contribution < 1.29 is 4.79 Å². The first-order valence-corrected chi connectivity index (χ1v) is 12.3. The van der Waals surface area contributed by atoms with Gasteiger partial charge in [-0.2, -0.15) is 5.10 Å². The Bertz CT molecular complexity index is 1610. The van der Waals surface area contributed by atoms with Gasteiger partial charge in [-0.3, -0.25) is 18.8 Å². The molecule has 1 N–H and O–H groups in total. The molecule has 0 saturated carbocycles. The van der Waals surface area contributed by atoms with Crippen molar-refractivity contribution in [2.75, 3.05) is 5.32 Å². The van der Waals surface area contributed by atoms with Gasteiger partial charge in [-0.05, 0) is 44.5 Å².